The lowest BCUT2D eigenvalue weighted by Crippen LogP contribution is -2.32. The predicted octanol–water partition coefficient (Wildman–Crippen LogP) is 5.53. The van der Waals surface area contributed by atoms with Gasteiger partial charge in [-0.2, -0.15) is 0 Å². The largest absolute Gasteiger partial charge is 0.491 e. The van der Waals surface area contributed by atoms with E-state index in [1.54, 1.807) is 0 Å². The molecule has 2 aromatic rings. The molecule has 2 aromatic carbocycles. The molecule has 1 atom stereocenters. The van der Waals surface area contributed by atoms with Crippen molar-refractivity contribution in [2.24, 2.45) is 0 Å². The number of benzene rings is 2. The topological polar surface area (TPSA) is 33.3 Å². The highest BCUT2D eigenvalue weighted by molar-refractivity contribution is 7.80. The summed E-state index contributed by atoms with van der Waals surface area (Å²) in [7, 11) is 0. The SMILES string of the molecule is CC[C@@H](NC(=S)Nc1cccc(OC(C)C)c1)c1ccc(C)c(C)c1. The fourth-order valence-corrected chi connectivity index (χ4v) is 2.91. The van der Waals surface area contributed by atoms with Crippen LogP contribution in [-0.4, -0.2) is 11.2 Å². The highest BCUT2D eigenvalue weighted by Gasteiger charge is 2.12. The highest BCUT2D eigenvalue weighted by atomic mass is 32.1. The van der Waals surface area contributed by atoms with Crippen LogP contribution in [0.1, 0.15) is 49.9 Å². The van der Waals surface area contributed by atoms with Gasteiger partial charge in [0.2, 0.25) is 0 Å². The van der Waals surface area contributed by atoms with Crippen LogP contribution in [0.3, 0.4) is 0 Å². The van der Waals surface area contributed by atoms with Crippen molar-refractivity contribution in [3.63, 3.8) is 0 Å². The van der Waals surface area contributed by atoms with Gasteiger partial charge < -0.3 is 15.4 Å². The Morgan fingerprint density at radius 2 is 1.84 bits per heavy atom. The lowest BCUT2D eigenvalue weighted by atomic mass is 9.99. The summed E-state index contributed by atoms with van der Waals surface area (Å²) in [4.78, 5) is 0. The van der Waals surface area contributed by atoms with E-state index < -0.39 is 0 Å². The molecule has 2 N–H and O–H groups in total. The second-order valence-electron chi connectivity index (χ2n) is 6.60. The van der Waals surface area contributed by atoms with Crippen LogP contribution < -0.4 is 15.4 Å². The Morgan fingerprint density at radius 3 is 2.48 bits per heavy atom. The first-order valence-corrected chi connectivity index (χ1v) is 9.21. The van der Waals surface area contributed by atoms with Gasteiger partial charge in [0.1, 0.15) is 5.75 Å². The lowest BCUT2D eigenvalue weighted by molar-refractivity contribution is 0.242. The quantitative estimate of drug-likeness (QED) is 0.667. The van der Waals surface area contributed by atoms with Crippen molar-refractivity contribution < 1.29 is 4.74 Å². The molecule has 134 valence electrons. The first-order valence-electron chi connectivity index (χ1n) is 8.80. The molecule has 0 aliphatic heterocycles. The van der Waals surface area contributed by atoms with Crippen molar-refractivity contribution in [1.82, 2.24) is 5.32 Å². The first kappa shape index (κ1) is 19.3. The molecular formula is C21H28N2OS. The van der Waals surface area contributed by atoms with Crippen LogP contribution >= 0.6 is 12.2 Å². The molecule has 0 aliphatic rings. The third-order valence-electron chi connectivity index (χ3n) is 4.11. The van der Waals surface area contributed by atoms with Gasteiger partial charge in [-0.3, -0.25) is 0 Å². The number of nitrogens with one attached hydrogen (secondary N) is 2. The van der Waals surface area contributed by atoms with Crippen LogP contribution in [0.5, 0.6) is 5.75 Å². The molecular weight excluding hydrogens is 328 g/mol. The molecule has 0 heterocycles. The van der Waals surface area contributed by atoms with Crippen molar-refractivity contribution in [2.45, 2.75) is 53.2 Å². The van der Waals surface area contributed by atoms with Gasteiger partial charge in [-0.15, -0.1) is 0 Å². The Morgan fingerprint density at radius 1 is 1.08 bits per heavy atom. The average molecular weight is 357 g/mol. The molecule has 0 unspecified atom stereocenters. The second-order valence-corrected chi connectivity index (χ2v) is 7.01. The van der Waals surface area contributed by atoms with Gasteiger partial charge >= 0.3 is 0 Å². The van der Waals surface area contributed by atoms with Crippen molar-refractivity contribution >= 4 is 23.0 Å². The molecule has 4 heteroatoms. The van der Waals surface area contributed by atoms with Crippen LogP contribution in [0.15, 0.2) is 42.5 Å². The minimum atomic E-state index is 0.148. The summed E-state index contributed by atoms with van der Waals surface area (Å²) in [6.07, 6.45) is 1.11. The number of thiocarbonyl (C=S) groups is 1. The number of anilines is 1. The molecule has 0 radical (unpaired) electrons. The summed E-state index contributed by atoms with van der Waals surface area (Å²) >= 11 is 5.51. The number of rotatable bonds is 6. The lowest BCUT2D eigenvalue weighted by Gasteiger charge is -2.21. The van der Waals surface area contributed by atoms with Crippen LogP contribution in [-0.2, 0) is 0 Å². The van der Waals surface area contributed by atoms with E-state index in [-0.39, 0.29) is 12.1 Å². The maximum absolute atomic E-state index is 5.73. The summed E-state index contributed by atoms with van der Waals surface area (Å²) in [6.45, 7) is 10.5. The third kappa shape index (κ3) is 5.75. The zero-order valence-corrected chi connectivity index (χ0v) is 16.5. The fraction of sp³-hybridized carbons (Fsp3) is 0.381. The Kier molecular flexibility index (Phi) is 6.82. The predicted molar refractivity (Wildman–Crippen MR) is 111 cm³/mol. The summed E-state index contributed by atoms with van der Waals surface area (Å²) < 4.78 is 5.73. The van der Waals surface area contributed by atoms with Crippen molar-refractivity contribution in [3.8, 4) is 5.75 Å². The van der Waals surface area contributed by atoms with Crippen molar-refractivity contribution in [3.05, 3.63) is 59.2 Å². The highest BCUT2D eigenvalue weighted by Crippen LogP contribution is 2.21. The standard InChI is InChI=1S/C21H28N2OS/c1-6-20(17-11-10-15(4)16(5)12-17)23-21(25)22-18-8-7-9-19(13-18)24-14(2)3/h7-14,20H,6H2,1-5H3,(H2,22,23,25)/t20-/m1/s1. The summed E-state index contributed by atoms with van der Waals surface area (Å²) in [5.41, 5.74) is 4.79. The molecule has 0 spiro atoms. The summed E-state index contributed by atoms with van der Waals surface area (Å²) in [5, 5.41) is 7.29. The minimum absolute atomic E-state index is 0.148. The van der Waals surface area contributed by atoms with Gasteiger partial charge in [0, 0.05) is 11.8 Å². The van der Waals surface area contributed by atoms with E-state index in [1.165, 1.54) is 16.7 Å². The molecule has 0 aromatic heterocycles. The first-order chi connectivity index (χ1) is 11.9. The van der Waals surface area contributed by atoms with E-state index in [0.29, 0.717) is 5.11 Å². The minimum Gasteiger partial charge on any atom is -0.491 e. The average Bonchev–Trinajstić information content (AvgIpc) is 2.55. The van der Waals surface area contributed by atoms with Gasteiger partial charge in [-0.05, 0) is 75.2 Å². The number of hydrogen-bond acceptors (Lipinski definition) is 2. The monoisotopic (exact) mass is 356 g/mol. The molecule has 25 heavy (non-hydrogen) atoms. The maximum atomic E-state index is 5.73. The van der Waals surface area contributed by atoms with Gasteiger partial charge in [0.05, 0.1) is 12.1 Å². The molecule has 0 saturated heterocycles. The molecule has 0 bridgehead atoms. The zero-order chi connectivity index (χ0) is 18.4. The molecule has 0 saturated carbocycles. The van der Waals surface area contributed by atoms with Crippen LogP contribution in [0.25, 0.3) is 0 Å². The van der Waals surface area contributed by atoms with Crippen LogP contribution in [0, 0.1) is 13.8 Å². The second kappa shape index (κ2) is 8.86. The summed E-state index contributed by atoms with van der Waals surface area (Å²) in [5.74, 6) is 0.837. The molecule has 0 amide bonds. The smallest absolute Gasteiger partial charge is 0.171 e. The number of hydrogen-bond donors (Lipinski definition) is 2. The zero-order valence-electron chi connectivity index (χ0n) is 15.7. The van der Waals surface area contributed by atoms with E-state index in [0.717, 1.165) is 17.9 Å². The maximum Gasteiger partial charge on any atom is 0.171 e. The van der Waals surface area contributed by atoms with Gasteiger partial charge in [0.15, 0.2) is 5.11 Å². The van der Waals surface area contributed by atoms with Gasteiger partial charge in [-0.1, -0.05) is 31.2 Å². The Bertz CT molecular complexity index is 728. The third-order valence-corrected chi connectivity index (χ3v) is 4.33. The Balaban J connectivity index is 2.03. The molecule has 3 nitrogen and oxygen atoms in total. The Hall–Kier alpha value is -2.07. The van der Waals surface area contributed by atoms with Crippen LogP contribution in [0.2, 0.25) is 0 Å². The normalized spacial score (nSPS) is 11.9. The number of ether oxygens (including phenoxy) is 1. The van der Waals surface area contributed by atoms with Crippen LogP contribution in [0.4, 0.5) is 5.69 Å². The van der Waals surface area contributed by atoms with E-state index in [2.05, 4.69) is 49.6 Å². The fourth-order valence-electron chi connectivity index (χ4n) is 2.65. The molecule has 0 fully saturated rings. The van der Waals surface area contributed by atoms with Crippen molar-refractivity contribution in [2.75, 3.05) is 5.32 Å². The van der Waals surface area contributed by atoms with Gasteiger partial charge in [-0.25, -0.2) is 0 Å². The number of aryl methyl sites for hydroxylation is 2. The molecule has 2 rings (SSSR count). The molecule has 0 aliphatic carbocycles. The van der Waals surface area contributed by atoms with E-state index in [1.807, 2.05) is 38.1 Å². The Labute approximate surface area is 156 Å². The van der Waals surface area contributed by atoms with E-state index in [9.17, 15) is 0 Å². The van der Waals surface area contributed by atoms with Gasteiger partial charge in [0.25, 0.3) is 0 Å². The van der Waals surface area contributed by atoms with E-state index >= 15 is 0 Å². The summed E-state index contributed by atoms with van der Waals surface area (Å²) in [6, 6.07) is 14.6. The van der Waals surface area contributed by atoms with E-state index in [4.69, 9.17) is 17.0 Å². The van der Waals surface area contributed by atoms with Crippen molar-refractivity contribution in [1.29, 1.82) is 0 Å².